The van der Waals surface area contributed by atoms with Crippen molar-refractivity contribution in [2.75, 3.05) is 26.8 Å². The monoisotopic (exact) mass is 691 g/mol. The normalized spacial score (nSPS) is 16.1. The smallest absolute Gasteiger partial charge is 0.321 e. The molecule has 1 unspecified atom stereocenters. The number of benzene rings is 3. The Hall–Kier alpha value is -6.00. The molecule has 3 aromatic carbocycles. The van der Waals surface area contributed by atoms with E-state index in [9.17, 15) is 30.2 Å². The highest BCUT2D eigenvalue weighted by Crippen LogP contribution is 2.42. The molecule has 0 spiro atoms. The largest absolute Gasteiger partial charge is 0.569 e. The maximum Gasteiger partial charge on any atom is 0.321 e. The van der Waals surface area contributed by atoms with Crippen molar-refractivity contribution in [1.82, 2.24) is 10.0 Å². The molecule has 17 nitrogen and oxygen atoms in total. The first-order valence-electron chi connectivity index (χ1n) is 16.1. The molecule has 50 heavy (non-hydrogen) atoms. The van der Waals surface area contributed by atoms with Crippen molar-refractivity contribution in [2.45, 2.75) is 58.4 Å². The Balaban J connectivity index is 1.41. The Kier molecular flexibility index (Phi) is 11.3. The summed E-state index contributed by atoms with van der Waals surface area (Å²) in [5.41, 5.74) is 0.417. The lowest BCUT2D eigenvalue weighted by atomic mass is 9.98. The molecule has 2 aliphatic rings. The van der Waals surface area contributed by atoms with E-state index in [1.807, 2.05) is 12.1 Å². The number of methoxy groups -OCH3 is 1. The zero-order valence-corrected chi connectivity index (χ0v) is 27.9. The fourth-order valence-electron chi connectivity index (χ4n) is 5.60. The van der Waals surface area contributed by atoms with Gasteiger partial charge in [0.25, 0.3) is 0 Å². The number of nitro benzene ring substituents is 2. The van der Waals surface area contributed by atoms with Crippen LogP contribution in [0.3, 0.4) is 0 Å². The van der Waals surface area contributed by atoms with E-state index in [1.54, 1.807) is 31.4 Å². The first-order chi connectivity index (χ1) is 24.1. The van der Waals surface area contributed by atoms with E-state index >= 15 is 0 Å². The van der Waals surface area contributed by atoms with E-state index in [0.29, 0.717) is 55.0 Å². The highest BCUT2D eigenvalue weighted by atomic mass is 16.7. The molecule has 0 aromatic heterocycles. The Morgan fingerprint density at radius 3 is 2.36 bits per heavy atom. The number of hydrogen-bond acceptors (Lipinski definition) is 12. The number of carbonyl (C=O) groups is 1. The first kappa shape index (κ1) is 35.3. The van der Waals surface area contributed by atoms with Gasteiger partial charge in [0.2, 0.25) is 22.7 Å². The Morgan fingerprint density at radius 1 is 0.940 bits per heavy atom. The summed E-state index contributed by atoms with van der Waals surface area (Å²) in [7, 11) is 1.55. The molecule has 1 atom stereocenters. The average molecular weight is 692 g/mol. The second-order valence-electron chi connectivity index (χ2n) is 11.6. The maximum atomic E-state index is 12.7. The van der Waals surface area contributed by atoms with Gasteiger partial charge in [-0.2, -0.15) is 5.10 Å². The Bertz CT molecular complexity index is 1810. The molecule has 1 fully saturated rings. The van der Waals surface area contributed by atoms with Crippen LogP contribution in [0, 0.1) is 25.4 Å². The lowest BCUT2D eigenvalue weighted by Crippen LogP contribution is -2.35. The van der Waals surface area contributed by atoms with Gasteiger partial charge in [-0.15, -0.1) is 5.01 Å². The predicted molar refractivity (Wildman–Crippen MR) is 178 cm³/mol. The molecule has 0 N–H and O–H groups in total. The van der Waals surface area contributed by atoms with Crippen molar-refractivity contribution in [3.05, 3.63) is 91.2 Å². The number of nitrogens with zero attached hydrogens (tertiary/aromatic N) is 7. The fraction of sp³-hybridized carbons (Fsp3) is 0.394. The average Bonchev–Trinajstić information content (AvgIpc) is 3.57. The zero-order valence-electron chi connectivity index (χ0n) is 27.9. The number of nitro groups is 2. The van der Waals surface area contributed by atoms with Gasteiger partial charge in [0.05, 0.1) is 53.4 Å². The third-order valence-electron chi connectivity index (χ3n) is 8.17. The molecule has 2 heterocycles. The maximum absolute atomic E-state index is 12.7. The summed E-state index contributed by atoms with van der Waals surface area (Å²) in [5, 5.41) is 47.0. The minimum atomic E-state index is -0.879. The van der Waals surface area contributed by atoms with E-state index < -0.39 is 33.0 Å². The van der Waals surface area contributed by atoms with Gasteiger partial charge < -0.3 is 19.4 Å². The quantitative estimate of drug-likeness (QED) is 0.0564. The SMILES string of the molecule is CCCCOc1ccc(C2CC(c3cccc(Oc4cc(O/N=[N+](\[O-])N5CCCCC5)c([N+](=O)[O-])cc4[N+](=O)[O-])c3)=NN2C(C)=O)cc1OC. The number of ether oxygens (including phenoxy) is 3. The summed E-state index contributed by atoms with van der Waals surface area (Å²) in [4.78, 5) is 40.1. The van der Waals surface area contributed by atoms with Crippen molar-refractivity contribution in [3.63, 3.8) is 0 Å². The molecule has 17 heteroatoms. The molecule has 0 radical (unpaired) electrons. The topological polar surface area (TPSA) is 198 Å². The van der Waals surface area contributed by atoms with E-state index in [-0.39, 0.29) is 22.4 Å². The van der Waals surface area contributed by atoms with Crippen LogP contribution in [0.5, 0.6) is 28.7 Å². The molecular weight excluding hydrogens is 654 g/mol. The van der Waals surface area contributed by atoms with Crippen LogP contribution >= 0.6 is 0 Å². The van der Waals surface area contributed by atoms with E-state index in [0.717, 1.165) is 43.7 Å². The Labute approximate surface area is 287 Å². The standard InChI is InChI=1S/C33H37N7O10/c1-4-5-16-48-30-13-12-24(18-33(30)47-3)27-19-26(34-37(27)22(2)41)23-10-9-11-25(17-23)49-31-21-32(29(39(44)45)20-28(31)38(42)43)50-35-40(46)36-14-7-6-8-15-36/h9-13,17-18,20-21,27H,4-8,14-16,19H2,1-3H3/b40-35-. The van der Waals surface area contributed by atoms with Crippen LogP contribution in [0.1, 0.15) is 69.5 Å². The van der Waals surface area contributed by atoms with Crippen LogP contribution in [-0.2, 0) is 4.79 Å². The number of hydrazone groups is 1. The summed E-state index contributed by atoms with van der Waals surface area (Å²) in [6, 6.07) is 13.2. The Morgan fingerprint density at radius 2 is 1.68 bits per heavy atom. The number of unbranched alkanes of at least 4 members (excludes halogenated alkanes) is 1. The highest BCUT2D eigenvalue weighted by Gasteiger charge is 2.33. The number of hydrazine groups is 1. The van der Waals surface area contributed by atoms with Gasteiger partial charge in [-0.25, -0.2) is 5.01 Å². The van der Waals surface area contributed by atoms with Crippen LogP contribution < -0.4 is 19.0 Å². The van der Waals surface area contributed by atoms with Crippen molar-refractivity contribution in [2.24, 2.45) is 10.4 Å². The van der Waals surface area contributed by atoms with Crippen LogP contribution in [0.25, 0.3) is 0 Å². The van der Waals surface area contributed by atoms with Crippen molar-refractivity contribution in [3.8, 4) is 28.7 Å². The van der Waals surface area contributed by atoms with Crippen LogP contribution in [0.2, 0.25) is 0 Å². The van der Waals surface area contributed by atoms with E-state index in [2.05, 4.69) is 17.3 Å². The second kappa shape index (κ2) is 15.9. The van der Waals surface area contributed by atoms with Crippen molar-refractivity contribution in [1.29, 1.82) is 0 Å². The molecule has 0 aliphatic carbocycles. The number of hydrogen-bond donors (Lipinski definition) is 0. The van der Waals surface area contributed by atoms with Gasteiger partial charge in [-0.1, -0.05) is 31.5 Å². The highest BCUT2D eigenvalue weighted by molar-refractivity contribution is 6.03. The third-order valence-corrected chi connectivity index (χ3v) is 8.17. The van der Waals surface area contributed by atoms with Crippen molar-refractivity contribution >= 4 is 23.0 Å². The fourth-order valence-corrected chi connectivity index (χ4v) is 5.60. The molecule has 0 bridgehead atoms. The number of piperidine rings is 1. The molecule has 2 aliphatic heterocycles. The molecule has 1 amide bonds. The lowest BCUT2D eigenvalue weighted by Gasteiger charge is -2.21. The third kappa shape index (κ3) is 8.16. The summed E-state index contributed by atoms with van der Waals surface area (Å²) < 4.78 is 17.3. The number of rotatable bonds is 14. The molecule has 1 saturated heterocycles. The van der Waals surface area contributed by atoms with Gasteiger partial charge in [0.15, 0.2) is 11.5 Å². The van der Waals surface area contributed by atoms with Crippen LogP contribution in [0.4, 0.5) is 11.4 Å². The molecule has 264 valence electrons. The summed E-state index contributed by atoms with van der Waals surface area (Å²) in [6.07, 6.45) is 4.73. The zero-order chi connectivity index (χ0) is 35.8. The van der Waals surface area contributed by atoms with Gasteiger partial charge in [-0.3, -0.25) is 29.9 Å². The predicted octanol–water partition coefficient (Wildman–Crippen LogP) is 6.84. The molecule has 3 aromatic rings. The van der Waals surface area contributed by atoms with Crippen LogP contribution in [0.15, 0.2) is 65.0 Å². The van der Waals surface area contributed by atoms with Gasteiger partial charge in [0, 0.05) is 25.0 Å². The second-order valence-corrected chi connectivity index (χ2v) is 11.6. The van der Waals surface area contributed by atoms with E-state index in [4.69, 9.17) is 19.0 Å². The summed E-state index contributed by atoms with van der Waals surface area (Å²) in [6.45, 7) is 4.91. The molecule has 5 rings (SSSR count). The molecular formula is C33H37N7O10. The van der Waals surface area contributed by atoms with Gasteiger partial charge >= 0.3 is 11.4 Å². The van der Waals surface area contributed by atoms with E-state index in [1.165, 1.54) is 23.0 Å². The minimum Gasteiger partial charge on any atom is -0.569 e. The lowest BCUT2D eigenvalue weighted by molar-refractivity contribution is -0.708. The van der Waals surface area contributed by atoms with Crippen LogP contribution in [-0.4, -0.2) is 63.3 Å². The van der Waals surface area contributed by atoms with Gasteiger partial charge in [0.1, 0.15) is 11.8 Å². The van der Waals surface area contributed by atoms with Crippen molar-refractivity contribution < 1.29 is 38.7 Å². The first-order valence-corrected chi connectivity index (χ1v) is 16.1. The minimum absolute atomic E-state index is 0.136. The summed E-state index contributed by atoms with van der Waals surface area (Å²) >= 11 is 0. The number of carbonyl (C=O) groups excluding carboxylic acids is 1. The van der Waals surface area contributed by atoms with Gasteiger partial charge in [-0.05, 0) is 55.5 Å². The summed E-state index contributed by atoms with van der Waals surface area (Å²) in [5.74, 6) is 0.0670. The number of amides is 1. The molecule has 0 saturated carbocycles.